The molecular weight excluding hydrogens is 310 g/mol. The monoisotopic (exact) mass is 341 g/mol. The molecule has 0 fully saturated rings. The standard InChI is InChI=1S/C21H31NOSi/c1-21(2,3)24(4,5)23-17-20(19-14-10-7-11-15-19)22-16-18-12-8-6-9-13-18/h6-15,20,22H,16-17H2,1-5H3/t20-/m0/s1. The zero-order chi connectivity index (χ0) is 17.6. The van der Waals surface area contributed by atoms with E-state index in [4.69, 9.17) is 4.43 Å². The number of hydrogen-bond donors (Lipinski definition) is 1. The summed E-state index contributed by atoms with van der Waals surface area (Å²) in [4.78, 5) is 0. The lowest BCUT2D eigenvalue weighted by atomic mass is 10.1. The van der Waals surface area contributed by atoms with Gasteiger partial charge < -0.3 is 9.74 Å². The molecule has 0 saturated heterocycles. The average Bonchev–Trinajstić information content (AvgIpc) is 2.55. The summed E-state index contributed by atoms with van der Waals surface area (Å²) in [7, 11) is -1.75. The maximum Gasteiger partial charge on any atom is 0.192 e. The van der Waals surface area contributed by atoms with Gasteiger partial charge in [-0.05, 0) is 29.3 Å². The van der Waals surface area contributed by atoms with E-state index in [-0.39, 0.29) is 11.1 Å². The molecule has 0 unspecified atom stereocenters. The third kappa shape index (κ3) is 5.30. The van der Waals surface area contributed by atoms with Crippen LogP contribution < -0.4 is 5.32 Å². The molecule has 0 spiro atoms. The summed E-state index contributed by atoms with van der Waals surface area (Å²) >= 11 is 0. The third-order valence-electron chi connectivity index (χ3n) is 5.01. The van der Waals surface area contributed by atoms with Crippen molar-refractivity contribution < 1.29 is 4.43 Å². The van der Waals surface area contributed by atoms with Gasteiger partial charge in [0.1, 0.15) is 0 Å². The quantitative estimate of drug-likeness (QED) is 0.668. The third-order valence-corrected chi connectivity index (χ3v) is 9.52. The molecule has 1 atom stereocenters. The first kappa shape index (κ1) is 18.9. The number of benzene rings is 2. The van der Waals surface area contributed by atoms with Crippen LogP contribution in [0.3, 0.4) is 0 Å². The molecule has 2 aromatic carbocycles. The van der Waals surface area contributed by atoms with Gasteiger partial charge in [-0.3, -0.25) is 0 Å². The van der Waals surface area contributed by atoms with Gasteiger partial charge in [0.2, 0.25) is 0 Å². The van der Waals surface area contributed by atoms with Gasteiger partial charge in [-0.25, -0.2) is 0 Å². The van der Waals surface area contributed by atoms with Gasteiger partial charge in [0.15, 0.2) is 8.32 Å². The predicted molar refractivity (Wildman–Crippen MR) is 106 cm³/mol. The van der Waals surface area contributed by atoms with Crippen molar-refractivity contribution in [2.24, 2.45) is 0 Å². The molecule has 2 nitrogen and oxygen atoms in total. The Morgan fingerprint density at radius 2 is 1.46 bits per heavy atom. The first-order chi connectivity index (χ1) is 11.3. The highest BCUT2D eigenvalue weighted by atomic mass is 28.4. The van der Waals surface area contributed by atoms with Crippen LogP contribution in [0.4, 0.5) is 0 Å². The Labute approximate surface area is 148 Å². The maximum atomic E-state index is 6.48. The summed E-state index contributed by atoms with van der Waals surface area (Å²) in [6.45, 7) is 13.0. The molecule has 0 aromatic heterocycles. The van der Waals surface area contributed by atoms with Gasteiger partial charge in [0.25, 0.3) is 0 Å². The van der Waals surface area contributed by atoms with Crippen molar-refractivity contribution in [1.29, 1.82) is 0 Å². The van der Waals surface area contributed by atoms with Crippen molar-refractivity contribution in [3.8, 4) is 0 Å². The molecule has 2 aromatic rings. The first-order valence-electron chi connectivity index (χ1n) is 8.76. The Balaban J connectivity index is 2.06. The van der Waals surface area contributed by atoms with Crippen LogP contribution in [0.25, 0.3) is 0 Å². The van der Waals surface area contributed by atoms with Gasteiger partial charge in [-0.1, -0.05) is 81.4 Å². The fourth-order valence-electron chi connectivity index (χ4n) is 2.30. The molecule has 2 rings (SSSR count). The van der Waals surface area contributed by atoms with Crippen molar-refractivity contribution in [3.63, 3.8) is 0 Å². The molecule has 3 heteroatoms. The number of rotatable bonds is 7. The van der Waals surface area contributed by atoms with Crippen molar-refractivity contribution in [1.82, 2.24) is 5.32 Å². The summed E-state index contributed by atoms with van der Waals surface area (Å²) in [6, 6.07) is 21.4. The Hall–Kier alpha value is -1.42. The van der Waals surface area contributed by atoms with Gasteiger partial charge in [-0.15, -0.1) is 0 Å². The Morgan fingerprint density at radius 1 is 0.917 bits per heavy atom. The molecule has 0 aliphatic rings. The number of nitrogens with one attached hydrogen (secondary N) is 1. The van der Waals surface area contributed by atoms with Crippen LogP contribution in [0, 0.1) is 0 Å². The van der Waals surface area contributed by atoms with Gasteiger partial charge in [0, 0.05) is 6.54 Å². The highest BCUT2D eigenvalue weighted by Crippen LogP contribution is 2.37. The van der Waals surface area contributed by atoms with Crippen LogP contribution in [-0.4, -0.2) is 14.9 Å². The lowest BCUT2D eigenvalue weighted by Crippen LogP contribution is -2.43. The van der Waals surface area contributed by atoms with E-state index in [1.54, 1.807) is 0 Å². The zero-order valence-corrected chi connectivity index (χ0v) is 16.7. The lowest BCUT2D eigenvalue weighted by Gasteiger charge is -2.37. The van der Waals surface area contributed by atoms with Crippen molar-refractivity contribution in [2.45, 2.75) is 51.5 Å². The highest BCUT2D eigenvalue weighted by Gasteiger charge is 2.37. The van der Waals surface area contributed by atoms with Crippen LogP contribution in [0.5, 0.6) is 0 Å². The molecule has 0 bridgehead atoms. The second kappa shape index (κ2) is 8.10. The molecule has 24 heavy (non-hydrogen) atoms. The van der Waals surface area contributed by atoms with E-state index >= 15 is 0 Å². The lowest BCUT2D eigenvalue weighted by molar-refractivity contribution is 0.243. The smallest absolute Gasteiger partial charge is 0.192 e. The summed E-state index contributed by atoms with van der Waals surface area (Å²) in [5.74, 6) is 0. The van der Waals surface area contributed by atoms with Crippen LogP contribution in [0.2, 0.25) is 18.1 Å². The summed E-state index contributed by atoms with van der Waals surface area (Å²) < 4.78 is 6.48. The average molecular weight is 342 g/mol. The molecule has 0 amide bonds. The van der Waals surface area contributed by atoms with Gasteiger partial charge >= 0.3 is 0 Å². The van der Waals surface area contributed by atoms with Crippen LogP contribution >= 0.6 is 0 Å². The normalized spacial score (nSPS) is 13.7. The molecule has 1 N–H and O–H groups in total. The van der Waals surface area contributed by atoms with E-state index < -0.39 is 8.32 Å². The van der Waals surface area contributed by atoms with Gasteiger partial charge in [0.05, 0.1) is 12.6 Å². The van der Waals surface area contributed by atoms with Gasteiger partial charge in [-0.2, -0.15) is 0 Å². The Bertz CT molecular complexity index is 605. The molecule has 0 radical (unpaired) electrons. The van der Waals surface area contributed by atoms with E-state index in [9.17, 15) is 0 Å². The first-order valence-corrected chi connectivity index (χ1v) is 11.7. The van der Waals surface area contributed by atoms with E-state index in [0.717, 1.165) is 6.54 Å². The Morgan fingerprint density at radius 3 is 2.00 bits per heavy atom. The zero-order valence-electron chi connectivity index (χ0n) is 15.7. The molecule has 0 aliphatic carbocycles. The summed E-state index contributed by atoms with van der Waals surface area (Å²) in [6.07, 6.45) is 0. The minimum atomic E-state index is -1.75. The molecule has 0 heterocycles. The van der Waals surface area contributed by atoms with Crippen molar-refractivity contribution >= 4 is 8.32 Å². The highest BCUT2D eigenvalue weighted by molar-refractivity contribution is 6.74. The SMILES string of the molecule is CC(C)(C)[Si](C)(C)OC[C@H](NCc1ccccc1)c1ccccc1. The van der Waals surface area contributed by atoms with E-state index in [0.29, 0.717) is 6.61 Å². The van der Waals surface area contributed by atoms with Crippen LogP contribution in [-0.2, 0) is 11.0 Å². The molecule has 0 saturated carbocycles. The fourth-order valence-corrected chi connectivity index (χ4v) is 3.32. The van der Waals surface area contributed by atoms with E-state index in [1.807, 2.05) is 0 Å². The predicted octanol–water partition coefficient (Wildman–Crippen LogP) is 5.54. The second-order valence-corrected chi connectivity index (χ2v) is 12.7. The minimum absolute atomic E-state index is 0.209. The molecule has 130 valence electrons. The fraction of sp³-hybridized carbons (Fsp3) is 0.429. The largest absolute Gasteiger partial charge is 0.415 e. The Kier molecular flexibility index (Phi) is 6.38. The minimum Gasteiger partial charge on any atom is -0.415 e. The summed E-state index contributed by atoms with van der Waals surface area (Å²) in [5.41, 5.74) is 2.58. The second-order valence-electron chi connectivity index (χ2n) is 7.90. The summed E-state index contributed by atoms with van der Waals surface area (Å²) in [5, 5.41) is 3.90. The maximum absolute atomic E-state index is 6.48. The number of hydrogen-bond acceptors (Lipinski definition) is 2. The van der Waals surface area contributed by atoms with Crippen molar-refractivity contribution in [3.05, 3.63) is 71.8 Å². The van der Waals surface area contributed by atoms with Crippen LogP contribution in [0.1, 0.15) is 37.9 Å². The molecule has 0 aliphatic heterocycles. The van der Waals surface area contributed by atoms with Crippen molar-refractivity contribution in [2.75, 3.05) is 6.61 Å². The van der Waals surface area contributed by atoms with Crippen LogP contribution in [0.15, 0.2) is 60.7 Å². The van der Waals surface area contributed by atoms with E-state index in [2.05, 4.69) is 99.8 Å². The van der Waals surface area contributed by atoms with E-state index in [1.165, 1.54) is 11.1 Å². The topological polar surface area (TPSA) is 21.3 Å². The molecular formula is C21H31NOSi.